The normalized spacial score (nSPS) is 14.1. The van der Waals surface area contributed by atoms with Gasteiger partial charge in [0.1, 0.15) is 5.52 Å². The molecule has 3 heterocycles. The maximum absolute atomic E-state index is 13.2. The van der Waals surface area contributed by atoms with E-state index in [0.29, 0.717) is 60.8 Å². The van der Waals surface area contributed by atoms with Crippen molar-refractivity contribution < 1.29 is 4.79 Å². The minimum absolute atomic E-state index is 0.0541. The molecule has 0 spiro atoms. The van der Waals surface area contributed by atoms with E-state index in [-0.39, 0.29) is 11.5 Å². The summed E-state index contributed by atoms with van der Waals surface area (Å²) in [6.07, 6.45) is 0.814. The second-order valence-corrected chi connectivity index (χ2v) is 7.74. The summed E-state index contributed by atoms with van der Waals surface area (Å²) in [7, 11) is 1.77. The van der Waals surface area contributed by atoms with E-state index in [2.05, 4.69) is 16.1 Å². The van der Waals surface area contributed by atoms with Crippen LogP contribution in [0.15, 0.2) is 29.1 Å². The molecule has 0 radical (unpaired) electrons. The highest BCUT2D eigenvalue weighted by molar-refractivity contribution is 5.94. The predicted octanol–water partition coefficient (Wildman–Crippen LogP) is 1.68. The first-order chi connectivity index (χ1) is 14.9. The summed E-state index contributed by atoms with van der Waals surface area (Å²) in [5, 5.41) is 13.3. The number of rotatable bonds is 4. The van der Waals surface area contributed by atoms with Gasteiger partial charge in [0, 0.05) is 45.3 Å². The topological polar surface area (TPSA) is 100 Å². The molecule has 0 aliphatic carbocycles. The Bertz CT molecular complexity index is 1230. The number of carbonyl (C=O) groups is 1. The maximum atomic E-state index is 13.2. The SMILES string of the molecule is CCCn1c(N2CCN(C(=O)c3ccc(C#N)cc3)CC2)nc2c(C)nn(C)c2c1=O. The number of nitrogens with zero attached hydrogens (tertiary/aromatic N) is 7. The van der Waals surface area contributed by atoms with Crippen molar-refractivity contribution in [3.8, 4) is 6.07 Å². The third-order valence-electron chi connectivity index (χ3n) is 5.65. The van der Waals surface area contributed by atoms with Gasteiger partial charge in [0.05, 0.1) is 17.3 Å². The van der Waals surface area contributed by atoms with Crippen LogP contribution in [0.25, 0.3) is 11.0 Å². The van der Waals surface area contributed by atoms with Crippen molar-refractivity contribution in [3.63, 3.8) is 0 Å². The standard InChI is InChI=1S/C22H25N7O2/c1-4-9-29-21(31)19-18(15(2)25-26(19)3)24-22(29)28-12-10-27(11-13-28)20(30)17-7-5-16(14-23)6-8-17/h5-8H,4,9-13H2,1-3H3. The Morgan fingerprint density at radius 2 is 1.84 bits per heavy atom. The smallest absolute Gasteiger partial charge is 0.281 e. The van der Waals surface area contributed by atoms with Crippen molar-refractivity contribution in [1.82, 2.24) is 24.2 Å². The number of aryl methyl sites for hydroxylation is 2. The maximum Gasteiger partial charge on any atom is 0.281 e. The van der Waals surface area contributed by atoms with Crippen molar-refractivity contribution >= 4 is 22.9 Å². The summed E-state index contributed by atoms with van der Waals surface area (Å²) in [5.41, 5.74) is 2.90. The molecule has 0 N–H and O–H groups in total. The molecule has 0 saturated carbocycles. The zero-order chi connectivity index (χ0) is 22.1. The van der Waals surface area contributed by atoms with E-state index < -0.39 is 0 Å². The molecule has 1 aliphatic heterocycles. The van der Waals surface area contributed by atoms with E-state index >= 15 is 0 Å². The zero-order valence-electron chi connectivity index (χ0n) is 18.0. The number of amides is 1. The van der Waals surface area contributed by atoms with Gasteiger partial charge in [-0.2, -0.15) is 10.4 Å². The Morgan fingerprint density at radius 1 is 1.16 bits per heavy atom. The number of anilines is 1. The lowest BCUT2D eigenvalue weighted by Crippen LogP contribution is -2.50. The molecule has 1 amide bonds. The Labute approximate surface area is 180 Å². The largest absolute Gasteiger partial charge is 0.339 e. The predicted molar refractivity (Wildman–Crippen MR) is 117 cm³/mol. The molecule has 2 aromatic heterocycles. The van der Waals surface area contributed by atoms with Crippen molar-refractivity contribution in [1.29, 1.82) is 5.26 Å². The molecule has 0 atom stereocenters. The molecular weight excluding hydrogens is 394 g/mol. The van der Waals surface area contributed by atoms with E-state index in [1.165, 1.54) is 0 Å². The average Bonchev–Trinajstić information content (AvgIpc) is 3.08. The molecular formula is C22H25N7O2. The van der Waals surface area contributed by atoms with Gasteiger partial charge in [-0.05, 0) is 37.6 Å². The van der Waals surface area contributed by atoms with Gasteiger partial charge in [0.2, 0.25) is 5.95 Å². The number of nitriles is 1. The Hall–Kier alpha value is -3.67. The molecule has 3 aromatic rings. The molecule has 0 unspecified atom stereocenters. The van der Waals surface area contributed by atoms with Crippen molar-refractivity contribution in [2.75, 3.05) is 31.1 Å². The first kappa shape index (κ1) is 20.6. The van der Waals surface area contributed by atoms with Crippen LogP contribution in [0, 0.1) is 18.3 Å². The Morgan fingerprint density at radius 3 is 2.45 bits per heavy atom. The van der Waals surface area contributed by atoms with Gasteiger partial charge in [-0.25, -0.2) is 4.98 Å². The van der Waals surface area contributed by atoms with Gasteiger partial charge in [0.15, 0.2) is 5.52 Å². The first-order valence-corrected chi connectivity index (χ1v) is 10.4. The minimum atomic E-state index is -0.0824. The lowest BCUT2D eigenvalue weighted by molar-refractivity contribution is 0.0746. The Kier molecular flexibility index (Phi) is 5.46. The van der Waals surface area contributed by atoms with E-state index in [4.69, 9.17) is 10.2 Å². The molecule has 0 bridgehead atoms. The number of fused-ring (bicyclic) bond motifs is 1. The number of carbonyl (C=O) groups excluding carboxylic acids is 1. The van der Waals surface area contributed by atoms with Crippen molar-refractivity contribution in [2.24, 2.45) is 7.05 Å². The van der Waals surface area contributed by atoms with Gasteiger partial charge >= 0.3 is 0 Å². The fourth-order valence-corrected chi connectivity index (χ4v) is 4.05. The number of hydrogen-bond acceptors (Lipinski definition) is 6. The molecule has 1 saturated heterocycles. The van der Waals surface area contributed by atoms with E-state index in [9.17, 15) is 9.59 Å². The van der Waals surface area contributed by atoms with Gasteiger partial charge in [-0.1, -0.05) is 6.92 Å². The van der Waals surface area contributed by atoms with E-state index in [1.807, 2.05) is 13.8 Å². The van der Waals surface area contributed by atoms with Gasteiger partial charge < -0.3 is 9.80 Å². The molecule has 160 valence electrons. The lowest BCUT2D eigenvalue weighted by atomic mass is 10.1. The number of benzene rings is 1. The van der Waals surface area contributed by atoms with Crippen molar-refractivity contribution in [2.45, 2.75) is 26.8 Å². The highest BCUT2D eigenvalue weighted by Crippen LogP contribution is 2.20. The number of piperazine rings is 1. The van der Waals surface area contributed by atoms with Crippen LogP contribution in [0.1, 0.15) is 35.0 Å². The number of aromatic nitrogens is 4. The highest BCUT2D eigenvalue weighted by atomic mass is 16.2. The van der Waals surface area contributed by atoms with Gasteiger partial charge in [0.25, 0.3) is 11.5 Å². The quantitative estimate of drug-likeness (QED) is 0.638. The fourth-order valence-electron chi connectivity index (χ4n) is 4.05. The monoisotopic (exact) mass is 419 g/mol. The van der Waals surface area contributed by atoms with Crippen LogP contribution >= 0.6 is 0 Å². The van der Waals surface area contributed by atoms with Gasteiger partial charge in [-0.15, -0.1) is 0 Å². The lowest BCUT2D eigenvalue weighted by Gasteiger charge is -2.36. The minimum Gasteiger partial charge on any atom is -0.339 e. The van der Waals surface area contributed by atoms with E-state index in [0.717, 1.165) is 12.1 Å². The highest BCUT2D eigenvalue weighted by Gasteiger charge is 2.26. The van der Waals surface area contributed by atoms with Gasteiger partial charge in [-0.3, -0.25) is 18.8 Å². The summed E-state index contributed by atoms with van der Waals surface area (Å²) in [6.45, 7) is 6.70. The zero-order valence-corrected chi connectivity index (χ0v) is 18.0. The molecule has 1 aliphatic rings. The summed E-state index contributed by atoms with van der Waals surface area (Å²) < 4.78 is 3.33. The second-order valence-electron chi connectivity index (χ2n) is 7.74. The first-order valence-electron chi connectivity index (χ1n) is 10.4. The fraction of sp³-hybridized carbons (Fsp3) is 0.409. The van der Waals surface area contributed by atoms with Crippen LogP contribution in [-0.4, -0.2) is 56.3 Å². The van der Waals surface area contributed by atoms with Crippen LogP contribution < -0.4 is 10.5 Å². The van der Waals surface area contributed by atoms with Crippen LogP contribution in [0.3, 0.4) is 0 Å². The third kappa shape index (κ3) is 3.65. The molecule has 31 heavy (non-hydrogen) atoms. The second kappa shape index (κ2) is 8.22. The molecule has 1 fully saturated rings. The van der Waals surface area contributed by atoms with Crippen LogP contribution in [0.4, 0.5) is 5.95 Å². The summed E-state index contributed by atoms with van der Waals surface area (Å²) >= 11 is 0. The summed E-state index contributed by atoms with van der Waals surface area (Å²) in [6, 6.07) is 8.75. The molecule has 9 nitrogen and oxygen atoms in total. The summed E-state index contributed by atoms with van der Waals surface area (Å²) in [5.74, 6) is 0.586. The molecule has 1 aromatic carbocycles. The third-order valence-corrected chi connectivity index (χ3v) is 5.65. The Balaban J connectivity index is 1.59. The van der Waals surface area contributed by atoms with Crippen LogP contribution in [0.2, 0.25) is 0 Å². The van der Waals surface area contributed by atoms with E-state index in [1.54, 1.807) is 45.5 Å². The average molecular weight is 419 g/mol. The number of hydrogen-bond donors (Lipinski definition) is 0. The summed E-state index contributed by atoms with van der Waals surface area (Å²) in [4.78, 5) is 34.7. The van der Waals surface area contributed by atoms with Crippen LogP contribution in [0.5, 0.6) is 0 Å². The van der Waals surface area contributed by atoms with Crippen molar-refractivity contribution in [3.05, 3.63) is 51.4 Å². The van der Waals surface area contributed by atoms with Crippen LogP contribution in [-0.2, 0) is 13.6 Å². The molecule has 4 rings (SSSR count). The molecule has 9 heteroatoms.